The van der Waals surface area contributed by atoms with E-state index in [2.05, 4.69) is 0 Å². The molecule has 2 aromatic rings. The molecule has 1 unspecified atom stereocenters. The van der Waals surface area contributed by atoms with Crippen LogP contribution in [-0.2, 0) is 6.42 Å². The first-order valence-electron chi connectivity index (χ1n) is 6.37. The van der Waals surface area contributed by atoms with Gasteiger partial charge < -0.3 is 9.47 Å². The average Bonchev–Trinajstić information content (AvgIpc) is 2.73. The molecule has 0 amide bonds. The normalized spacial score (nSPS) is 17.6. The molecule has 1 aliphatic rings. The van der Waals surface area contributed by atoms with Gasteiger partial charge in [-0.2, -0.15) is 0 Å². The van der Waals surface area contributed by atoms with Crippen LogP contribution in [0.25, 0.3) is 10.8 Å². The van der Waals surface area contributed by atoms with Crippen molar-refractivity contribution in [1.29, 1.82) is 0 Å². The number of rotatable bonds is 2. The maximum Gasteiger partial charge on any atom is 0.166 e. The number of hydrogen-bond donors (Lipinski definition) is 0. The first-order chi connectivity index (χ1) is 9.15. The molecule has 0 saturated heterocycles. The van der Waals surface area contributed by atoms with Gasteiger partial charge in [0.15, 0.2) is 17.3 Å². The second-order valence-corrected chi connectivity index (χ2v) is 4.99. The van der Waals surface area contributed by atoms with Crippen molar-refractivity contribution in [3.63, 3.8) is 0 Å². The summed E-state index contributed by atoms with van der Waals surface area (Å²) in [5.41, 5.74) is 1.99. The highest BCUT2D eigenvalue weighted by Crippen LogP contribution is 2.38. The van der Waals surface area contributed by atoms with Crippen molar-refractivity contribution in [1.82, 2.24) is 0 Å². The van der Waals surface area contributed by atoms with E-state index in [4.69, 9.17) is 9.47 Å². The van der Waals surface area contributed by atoms with E-state index >= 15 is 0 Å². The zero-order valence-corrected chi connectivity index (χ0v) is 11.3. The van der Waals surface area contributed by atoms with Crippen LogP contribution in [0, 0.1) is 5.92 Å². The van der Waals surface area contributed by atoms with Crippen molar-refractivity contribution in [2.75, 3.05) is 14.2 Å². The van der Waals surface area contributed by atoms with E-state index in [1.54, 1.807) is 14.2 Å². The third-order valence-corrected chi connectivity index (χ3v) is 3.86. The van der Waals surface area contributed by atoms with Crippen molar-refractivity contribution in [2.45, 2.75) is 13.3 Å². The quantitative estimate of drug-likeness (QED) is 0.827. The van der Waals surface area contributed by atoms with Crippen LogP contribution in [0.15, 0.2) is 24.3 Å². The summed E-state index contributed by atoms with van der Waals surface area (Å²) in [6, 6.07) is 7.84. The monoisotopic (exact) mass is 256 g/mol. The molecule has 1 aliphatic carbocycles. The van der Waals surface area contributed by atoms with E-state index in [1.165, 1.54) is 0 Å². The van der Waals surface area contributed by atoms with Gasteiger partial charge in [-0.05, 0) is 34.9 Å². The molecular weight excluding hydrogens is 240 g/mol. The molecule has 2 aromatic carbocycles. The highest BCUT2D eigenvalue weighted by atomic mass is 16.5. The lowest BCUT2D eigenvalue weighted by Crippen LogP contribution is -2.02. The lowest BCUT2D eigenvalue weighted by atomic mass is 10.00. The molecule has 3 rings (SSSR count). The summed E-state index contributed by atoms with van der Waals surface area (Å²) in [5.74, 6) is 1.74. The number of hydrogen-bond acceptors (Lipinski definition) is 3. The SMILES string of the molecule is COc1cc2ccc3c(c2cc1OC)CC(C)C3=O. The average molecular weight is 256 g/mol. The van der Waals surface area contributed by atoms with Gasteiger partial charge in [-0.25, -0.2) is 0 Å². The van der Waals surface area contributed by atoms with Crippen LogP contribution in [0.4, 0.5) is 0 Å². The first-order valence-corrected chi connectivity index (χ1v) is 6.37. The lowest BCUT2D eigenvalue weighted by molar-refractivity contribution is 0.0946. The Labute approximate surface area is 112 Å². The first kappa shape index (κ1) is 12.0. The number of methoxy groups -OCH3 is 2. The standard InChI is InChI=1S/C16H16O3/c1-9-6-13-11(16(9)17)5-4-10-7-14(18-2)15(19-3)8-12(10)13/h4-5,7-9H,6H2,1-3H3. The molecule has 0 radical (unpaired) electrons. The predicted octanol–water partition coefficient (Wildman–Crippen LogP) is 3.23. The smallest absolute Gasteiger partial charge is 0.166 e. The predicted molar refractivity (Wildman–Crippen MR) is 74.3 cm³/mol. The van der Waals surface area contributed by atoms with Crippen LogP contribution < -0.4 is 9.47 Å². The zero-order chi connectivity index (χ0) is 13.6. The van der Waals surface area contributed by atoms with Crippen molar-refractivity contribution in [3.8, 4) is 11.5 Å². The van der Waals surface area contributed by atoms with Gasteiger partial charge in [0, 0.05) is 11.5 Å². The topological polar surface area (TPSA) is 35.5 Å². The summed E-state index contributed by atoms with van der Waals surface area (Å²) in [5, 5.41) is 2.17. The minimum Gasteiger partial charge on any atom is -0.493 e. The summed E-state index contributed by atoms with van der Waals surface area (Å²) >= 11 is 0. The number of fused-ring (bicyclic) bond motifs is 3. The third kappa shape index (κ3) is 1.69. The molecule has 98 valence electrons. The van der Waals surface area contributed by atoms with E-state index in [9.17, 15) is 4.79 Å². The van der Waals surface area contributed by atoms with Crippen molar-refractivity contribution < 1.29 is 14.3 Å². The van der Waals surface area contributed by atoms with Gasteiger partial charge >= 0.3 is 0 Å². The van der Waals surface area contributed by atoms with E-state index in [0.29, 0.717) is 11.5 Å². The number of benzene rings is 2. The Morgan fingerprint density at radius 2 is 1.79 bits per heavy atom. The molecule has 3 heteroatoms. The third-order valence-electron chi connectivity index (χ3n) is 3.86. The number of carbonyl (C=O) groups excluding carboxylic acids is 1. The fraction of sp³-hybridized carbons (Fsp3) is 0.312. The van der Waals surface area contributed by atoms with Crippen molar-refractivity contribution in [3.05, 3.63) is 35.4 Å². The molecule has 1 atom stereocenters. The van der Waals surface area contributed by atoms with Gasteiger partial charge in [0.2, 0.25) is 0 Å². The maximum absolute atomic E-state index is 12.1. The van der Waals surface area contributed by atoms with Crippen LogP contribution in [0.2, 0.25) is 0 Å². The van der Waals surface area contributed by atoms with Crippen LogP contribution in [0.5, 0.6) is 11.5 Å². The Morgan fingerprint density at radius 1 is 1.11 bits per heavy atom. The Morgan fingerprint density at radius 3 is 2.47 bits per heavy atom. The molecule has 0 bridgehead atoms. The molecule has 0 saturated carbocycles. The fourth-order valence-electron chi connectivity index (χ4n) is 2.83. The van der Waals surface area contributed by atoms with Crippen LogP contribution in [0.1, 0.15) is 22.8 Å². The molecule has 0 heterocycles. The number of Topliss-reactive ketones (excluding diaryl/α,β-unsaturated/α-hetero) is 1. The molecule has 0 N–H and O–H groups in total. The van der Waals surface area contributed by atoms with E-state index in [0.717, 1.165) is 28.3 Å². The molecule has 0 aliphatic heterocycles. The Hall–Kier alpha value is -2.03. The molecule has 0 fully saturated rings. The second-order valence-electron chi connectivity index (χ2n) is 4.99. The Kier molecular flexibility index (Phi) is 2.70. The van der Waals surface area contributed by atoms with Crippen LogP contribution in [-0.4, -0.2) is 20.0 Å². The minimum atomic E-state index is 0.0775. The Balaban J connectivity index is 2.30. The van der Waals surface area contributed by atoms with Crippen LogP contribution in [0.3, 0.4) is 0 Å². The van der Waals surface area contributed by atoms with Gasteiger partial charge in [-0.1, -0.05) is 19.1 Å². The molecule has 0 aromatic heterocycles. The largest absolute Gasteiger partial charge is 0.493 e. The van der Waals surface area contributed by atoms with Gasteiger partial charge in [0.25, 0.3) is 0 Å². The lowest BCUT2D eigenvalue weighted by Gasteiger charge is -2.11. The van der Waals surface area contributed by atoms with Gasteiger partial charge in [-0.15, -0.1) is 0 Å². The summed E-state index contributed by atoms with van der Waals surface area (Å²) in [6.07, 6.45) is 0.807. The number of ketones is 1. The maximum atomic E-state index is 12.1. The highest BCUT2D eigenvalue weighted by molar-refractivity contribution is 6.07. The fourth-order valence-corrected chi connectivity index (χ4v) is 2.83. The highest BCUT2D eigenvalue weighted by Gasteiger charge is 2.28. The van der Waals surface area contributed by atoms with Gasteiger partial charge in [0.05, 0.1) is 14.2 Å². The molecular formula is C16H16O3. The summed E-state index contributed by atoms with van der Waals surface area (Å²) in [4.78, 5) is 12.1. The van der Waals surface area contributed by atoms with Crippen molar-refractivity contribution in [2.24, 2.45) is 5.92 Å². The van der Waals surface area contributed by atoms with Crippen LogP contribution >= 0.6 is 0 Å². The molecule has 3 nitrogen and oxygen atoms in total. The molecule has 0 spiro atoms. The summed E-state index contributed by atoms with van der Waals surface area (Å²) in [6.45, 7) is 1.98. The van der Waals surface area contributed by atoms with Crippen molar-refractivity contribution >= 4 is 16.6 Å². The summed E-state index contributed by atoms with van der Waals surface area (Å²) in [7, 11) is 3.25. The zero-order valence-electron chi connectivity index (χ0n) is 11.3. The van der Waals surface area contributed by atoms with Gasteiger partial charge in [0.1, 0.15) is 0 Å². The number of ether oxygens (including phenoxy) is 2. The van der Waals surface area contributed by atoms with E-state index < -0.39 is 0 Å². The second kappa shape index (κ2) is 4.26. The minimum absolute atomic E-state index is 0.0775. The van der Waals surface area contributed by atoms with E-state index in [-0.39, 0.29) is 11.7 Å². The Bertz CT molecular complexity index is 673. The summed E-state index contributed by atoms with van der Waals surface area (Å²) < 4.78 is 10.7. The van der Waals surface area contributed by atoms with E-state index in [1.807, 2.05) is 31.2 Å². The molecule has 19 heavy (non-hydrogen) atoms. The van der Waals surface area contributed by atoms with Gasteiger partial charge in [-0.3, -0.25) is 4.79 Å². The number of carbonyl (C=O) groups is 1.